The third kappa shape index (κ3) is 2.62. The van der Waals surface area contributed by atoms with Crippen molar-refractivity contribution in [2.24, 2.45) is 5.73 Å². The van der Waals surface area contributed by atoms with Gasteiger partial charge in [0.2, 0.25) is 0 Å². The molecule has 0 saturated carbocycles. The molecule has 1 aromatic rings. The van der Waals surface area contributed by atoms with E-state index in [1.807, 2.05) is 0 Å². The van der Waals surface area contributed by atoms with Crippen LogP contribution in [0.25, 0.3) is 6.08 Å². The number of benzene rings is 1. The summed E-state index contributed by atoms with van der Waals surface area (Å²) in [7, 11) is 0. The summed E-state index contributed by atoms with van der Waals surface area (Å²) in [5, 5.41) is 0. The van der Waals surface area contributed by atoms with Gasteiger partial charge >= 0.3 is 0 Å². The van der Waals surface area contributed by atoms with Crippen molar-refractivity contribution in [1.29, 1.82) is 0 Å². The topological polar surface area (TPSA) is 26.0 Å². The molecule has 0 unspecified atom stereocenters. The Morgan fingerprint density at radius 1 is 1.36 bits per heavy atom. The molecule has 0 atom stereocenters. The van der Waals surface area contributed by atoms with Crippen LogP contribution in [0.15, 0.2) is 22.7 Å². The molecule has 1 rings (SSSR count). The summed E-state index contributed by atoms with van der Waals surface area (Å²) in [6.07, 6.45) is 3.65. The highest BCUT2D eigenvalue weighted by atomic mass is 79.9. The van der Waals surface area contributed by atoms with Crippen molar-refractivity contribution in [3.63, 3.8) is 0 Å². The monoisotopic (exact) mass is 261 g/mol. The van der Waals surface area contributed by atoms with Crippen molar-refractivity contribution < 1.29 is 8.78 Å². The van der Waals surface area contributed by atoms with E-state index in [0.29, 0.717) is 13.0 Å². The van der Waals surface area contributed by atoms with E-state index < -0.39 is 11.6 Å². The van der Waals surface area contributed by atoms with Crippen LogP contribution in [0.2, 0.25) is 0 Å². The maximum atomic E-state index is 13.3. The number of halogens is 3. The highest BCUT2D eigenvalue weighted by molar-refractivity contribution is 9.10. The smallest absolute Gasteiger partial charge is 0.147 e. The largest absolute Gasteiger partial charge is 0.330 e. The minimum Gasteiger partial charge on any atom is -0.330 e. The Kier molecular flexibility index (Phi) is 4.22. The maximum absolute atomic E-state index is 13.3. The molecule has 0 aliphatic carbocycles. The lowest BCUT2D eigenvalue weighted by molar-refractivity contribution is 0.574. The second-order valence-corrected chi connectivity index (χ2v) is 3.59. The molecule has 0 aliphatic heterocycles. The Balaban J connectivity index is 3.00. The average Bonchev–Trinajstić information content (AvgIpc) is 2.18. The third-order valence-corrected chi connectivity index (χ3v) is 2.31. The van der Waals surface area contributed by atoms with Gasteiger partial charge in [0.25, 0.3) is 0 Å². The molecule has 2 N–H and O–H groups in total. The van der Waals surface area contributed by atoms with Crippen molar-refractivity contribution in [2.75, 3.05) is 6.54 Å². The Morgan fingerprint density at radius 3 is 2.71 bits per heavy atom. The van der Waals surface area contributed by atoms with Crippen LogP contribution in [-0.2, 0) is 0 Å². The predicted molar refractivity (Wildman–Crippen MR) is 56.8 cm³/mol. The van der Waals surface area contributed by atoms with Gasteiger partial charge in [0.1, 0.15) is 11.6 Å². The first-order valence-electron chi connectivity index (χ1n) is 4.17. The van der Waals surface area contributed by atoms with Crippen LogP contribution in [0.3, 0.4) is 0 Å². The molecule has 14 heavy (non-hydrogen) atoms. The van der Waals surface area contributed by atoms with Gasteiger partial charge in [-0.1, -0.05) is 12.2 Å². The summed E-state index contributed by atoms with van der Waals surface area (Å²) in [6.45, 7) is 0.466. The Labute approximate surface area is 89.7 Å². The summed E-state index contributed by atoms with van der Waals surface area (Å²) < 4.78 is 26.7. The lowest BCUT2D eigenvalue weighted by Crippen LogP contribution is -1.95. The minimum atomic E-state index is -0.585. The van der Waals surface area contributed by atoms with Crippen LogP contribution in [0.4, 0.5) is 8.78 Å². The fourth-order valence-corrected chi connectivity index (χ4v) is 1.34. The van der Waals surface area contributed by atoms with Gasteiger partial charge in [-0.2, -0.15) is 0 Å². The molecular weight excluding hydrogens is 252 g/mol. The summed E-state index contributed by atoms with van der Waals surface area (Å²) in [6, 6.07) is 2.56. The molecule has 0 bridgehead atoms. The number of nitrogens with two attached hydrogens (primary N) is 1. The van der Waals surface area contributed by atoms with Crippen LogP contribution >= 0.6 is 15.9 Å². The SMILES string of the molecule is NCC/C=C/c1c(F)ccc(Br)c1F. The molecule has 76 valence electrons. The fourth-order valence-electron chi connectivity index (χ4n) is 0.993. The Bertz CT molecular complexity index is 350. The summed E-state index contributed by atoms with van der Waals surface area (Å²) >= 11 is 2.99. The number of rotatable bonds is 3. The predicted octanol–water partition coefficient (Wildman–Crippen LogP) is 3.09. The van der Waals surface area contributed by atoms with Crippen molar-refractivity contribution >= 4 is 22.0 Å². The van der Waals surface area contributed by atoms with Crippen LogP contribution in [0.5, 0.6) is 0 Å². The molecule has 0 spiro atoms. The van der Waals surface area contributed by atoms with Gasteiger partial charge in [-0.15, -0.1) is 0 Å². The lowest BCUT2D eigenvalue weighted by atomic mass is 10.1. The molecule has 0 saturated heterocycles. The number of hydrogen-bond acceptors (Lipinski definition) is 1. The van der Waals surface area contributed by atoms with E-state index >= 15 is 0 Å². The van der Waals surface area contributed by atoms with Gasteiger partial charge in [0.15, 0.2) is 0 Å². The summed E-state index contributed by atoms with van der Waals surface area (Å²) in [5.41, 5.74) is 5.22. The van der Waals surface area contributed by atoms with Crippen molar-refractivity contribution in [1.82, 2.24) is 0 Å². The first-order valence-corrected chi connectivity index (χ1v) is 4.96. The molecule has 0 aromatic heterocycles. The highest BCUT2D eigenvalue weighted by Gasteiger charge is 2.08. The van der Waals surface area contributed by atoms with Crippen molar-refractivity contribution in [2.45, 2.75) is 6.42 Å². The molecule has 0 radical (unpaired) electrons. The third-order valence-electron chi connectivity index (χ3n) is 1.70. The second-order valence-electron chi connectivity index (χ2n) is 2.74. The van der Waals surface area contributed by atoms with Gasteiger partial charge in [-0.25, -0.2) is 8.78 Å². The average molecular weight is 262 g/mol. The molecule has 0 amide bonds. The van der Waals surface area contributed by atoms with E-state index in [1.165, 1.54) is 18.2 Å². The molecule has 0 heterocycles. The zero-order valence-corrected chi connectivity index (χ0v) is 9.02. The molecule has 1 nitrogen and oxygen atoms in total. The van der Waals surface area contributed by atoms with Crippen LogP contribution < -0.4 is 5.73 Å². The van der Waals surface area contributed by atoms with Gasteiger partial charge in [0.05, 0.1) is 4.47 Å². The van der Waals surface area contributed by atoms with E-state index in [0.717, 1.165) is 0 Å². The second kappa shape index (κ2) is 5.22. The van der Waals surface area contributed by atoms with E-state index in [9.17, 15) is 8.78 Å². The van der Waals surface area contributed by atoms with Crippen LogP contribution in [-0.4, -0.2) is 6.54 Å². The first-order chi connectivity index (χ1) is 6.66. The minimum absolute atomic E-state index is 0.0344. The van der Waals surface area contributed by atoms with Crippen molar-refractivity contribution in [3.05, 3.63) is 39.9 Å². The Hall–Kier alpha value is -0.740. The van der Waals surface area contributed by atoms with Gasteiger partial charge in [-0.05, 0) is 41.0 Å². The molecule has 1 aromatic carbocycles. The maximum Gasteiger partial charge on any atom is 0.147 e. The first kappa shape index (κ1) is 11.3. The molecule has 0 aliphatic rings. The van der Waals surface area contributed by atoms with Gasteiger partial charge in [-0.3, -0.25) is 0 Å². The summed E-state index contributed by atoms with van der Waals surface area (Å²) in [4.78, 5) is 0. The number of hydrogen-bond donors (Lipinski definition) is 1. The Morgan fingerprint density at radius 2 is 2.07 bits per heavy atom. The molecule has 0 fully saturated rings. The van der Waals surface area contributed by atoms with Crippen LogP contribution in [0, 0.1) is 11.6 Å². The lowest BCUT2D eigenvalue weighted by Gasteiger charge is -2.00. The standard InChI is InChI=1S/C10H10BrF2N/c11-8-4-5-9(12)7(10(8)13)3-1-2-6-14/h1,3-5H,2,6,14H2/b3-1+. The summed E-state index contributed by atoms with van der Waals surface area (Å²) in [5.74, 6) is -1.16. The normalized spacial score (nSPS) is 11.1. The quantitative estimate of drug-likeness (QED) is 0.832. The molecule has 4 heteroatoms. The van der Waals surface area contributed by atoms with E-state index in [2.05, 4.69) is 15.9 Å². The van der Waals surface area contributed by atoms with Crippen molar-refractivity contribution in [3.8, 4) is 0 Å². The van der Waals surface area contributed by atoms with Gasteiger partial charge in [0, 0.05) is 5.56 Å². The van der Waals surface area contributed by atoms with E-state index in [-0.39, 0.29) is 10.0 Å². The molecular formula is C10H10BrF2N. The zero-order chi connectivity index (χ0) is 10.6. The highest BCUT2D eigenvalue weighted by Crippen LogP contribution is 2.22. The van der Waals surface area contributed by atoms with E-state index in [1.54, 1.807) is 6.08 Å². The van der Waals surface area contributed by atoms with E-state index in [4.69, 9.17) is 5.73 Å². The fraction of sp³-hybridized carbons (Fsp3) is 0.200. The van der Waals surface area contributed by atoms with Gasteiger partial charge < -0.3 is 5.73 Å². The van der Waals surface area contributed by atoms with Crippen LogP contribution in [0.1, 0.15) is 12.0 Å². The zero-order valence-electron chi connectivity index (χ0n) is 7.43.